The number of hydrogen-bond donors (Lipinski definition) is 2. The van der Waals surface area contributed by atoms with E-state index in [9.17, 15) is 9.90 Å². The van der Waals surface area contributed by atoms with Crippen LogP contribution in [0, 0.1) is 0 Å². The number of aromatic nitrogens is 2. The van der Waals surface area contributed by atoms with Crippen LogP contribution in [0.15, 0.2) is 60.8 Å². The highest BCUT2D eigenvalue weighted by molar-refractivity contribution is 5.91. The van der Waals surface area contributed by atoms with Crippen LogP contribution >= 0.6 is 0 Å². The summed E-state index contributed by atoms with van der Waals surface area (Å²) in [6.45, 7) is 2.06. The van der Waals surface area contributed by atoms with E-state index in [1.807, 2.05) is 30.3 Å². The van der Waals surface area contributed by atoms with Crippen molar-refractivity contribution in [3.8, 4) is 17.0 Å². The number of phenols is 1. The molecule has 0 unspecified atom stereocenters. The largest absolute Gasteiger partial charge is 0.508 e. The van der Waals surface area contributed by atoms with E-state index in [-0.39, 0.29) is 11.7 Å². The number of hydrogen-bond acceptors (Lipinski definition) is 4. The van der Waals surface area contributed by atoms with Gasteiger partial charge >= 0.3 is 0 Å². The van der Waals surface area contributed by atoms with Gasteiger partial charge in [0.2, 0.25) is 5.91 Å². The first-order valence-corrected chi connectivity index (χ1v) is 8.65. The second kappa shape index (κ2) is 8.25. The molecule has 0 fully saturated rings. The monoisotopic (exact) mass is 347 g/mol. The van der Waals surface area contributed by atoms with Gasteiger partial charge in [0.25, 0.3) is 0 Å². The molecule has 1 aromatic heterocycles. The van der Waals surface area contributed by atoms with Crippen LogP contribution in [0.1, 0.15) is 24.6 Å². The molecule has 0 aliphatic rings. The number of benzene rings is 2. The first-order chi connectivity index (χ1) is 12.7. The molecular weight excluding hydrogens is 326 g/mol. The van der Waals surface area contributed by atoms with Gasteiger partial charge < -0.3 is 10.4 Å². The number of aromatic hydroxyl groups is 1. The molecule has 2 aromatic carbocycles. The van der Waals surface area contributed by atoms with Gasteiger partial charge in [0.1, 0.15) is 5.75 Å². The second-order valence-corrected chi connectivity index (χ2v) is 6.06. The number of nitrogens with one attached hydrogen (secondary N) is 1. The first-order valence-electron chi connectivity index (χ1n) is 8.65. The van der Waals surface area contributed by atoms with E-state index in [2.05, 4.69) is 22.2 Å². The van der Waals surface area contributed by atoms with Gasteiger partial charge in [-0.1, -0.05) is 43.7 Å². The fraction of sp³-hybridized carbons (Fsp3) is 0.190. The standard InChI is InChI=1S/C21H21N3O2/c1-2-6-18-21(24-20(26)13-15-7-4-3-5-8-15)22-14-19(23-18)16-9-11-17(25)12-10-16/h3-5,7-12,14,25H,2,6,13H2,1H3,(H,22,24,26). The molecule has 0 saturated heterocycles. The van der Waals surface area contributed by atoms with Gasteiger partial charge in [-0.15, -0.1) is 0 Å². The van der Waals surface area contributed by atoms with E-state index in [4.69, 9.17) is 0 Å². The average molecular weight is 347 g/mol. The van der Waals surface area contributed by atoms with Crippen molar-refractivity contribution in [2.45, 2.75) is 26.2 Å². The third kappa shape index (κ3) is 4.45. The van der Waals surface area contributed by atoms with E-state index in [0.29, 0.717) is 12.2 Å². The quantitative estimate of drug-likeness (QED) is 0.707. The van der Waals surface area contributed by atoms with E-state index < -0.39 is 0 Å². The molecule has 1 heterocycles. The Morgan fingerprint density at radius 1 is 1.08 bits per heavy atom. The Morgan fingerprint density at radius 2 is 1.81 bits per heavy atom. The predicted molar refractivity (Wildman–Crippen MR) is 102 cm³/mol. The van der Waals surface area contributed by atoms with Gasteiger partial charge in [0, 0.05) is 5.56 Å². The Morgan fingerprint density at radius 3 is 2.50 bits per heavy atom. The molecule has 0 bridgehead atoms. The van der Waals surface area contributed by atoms with Crippen molar-refractivity contribution in [2.24, 2.45) is 0 Å². The highest BCUT2D eigenvalue weighted by Gasteiger charge is 2.12. The Labute approximate surface area is 152 Å². The molecule has 26 heavy (non-hydrogen) atoms. The molecule has 5 heteroatoms. The molecule has 132 valence electrons. The number of aryl methyl sites for hydroxylation is 1. The van der Waals surface area contributed by atoms with Crippen molar-refractivity contribution in [2.75, 3.05) is 5.32 Å². The lowest BCUT2D eigenvalue weighted by Crippen LogP contribution is -2.17. The number of anilines is 1. The highest BCUT2D eigenvalue weighted by atomic mass is 16.3. The summed E-state index contributed by atoms with van der Waals surface area (Å²) in [6, 6.07) is 16.4. The van der Waals surface area contributed by atoms with Gasteiger partial charge in [-0.3, -0.25) is 4.79 Å². The second-order valence-electron chi connectivity index (χ2n) is 6.06. The Balaban J connectivity index is 1.80. The number of amides is 1. The first kappa shape index (κ1) is 17.6. The molecule has 0 saturated carbocycles. The SMILES string of the molecule is CCCc1nc(-c2ccc(O)cc2)cnc1NC(=O)Cc1ccccc1. The van der Waals surface area contributed by atoms with Crippen molar-refractivity contribution in [3.05, 3.63) is 72.1 Å². The Bertz CT molecular complexity index is 878. The van der Waals surface area contributed by atoms with Crippen LogP contribution < -0.4 is 5.32 Å². The van der Waals surface area contributed by atoms with Gasteiger partial charge in [-0.2, -0.15) is 0 Å². The highest BCUT2D eigenvalue weighted by Crippen LogP contribution is 2.22. The lowest BCUT2D eigenvalue weighted by molar-refractivity contribution is -0.115. The van der Waals surface area contributed by atoms with Gasteiger partial charge in [0.15, 0.2) is 5.82 Å². The lowest BCUT2D eigenvalue weighted by Gasteiger charge is -2.11. The maximum atomic E-state index is 12.3. The molecule has 3 rings (SSSR count). The third-order valence-electron chi connectivity index (χ3n) is 3.96. The normalized spacial score (nSPS) is 10.5. The number of phenolic OH excluding ortho intramolecular Hbond substituents is 1. The summed E-state index contributed by atoms with van der Waals surface area (Å²) in [4.78, 5) is 21.4. The van der Waals surface area contributed by atoms with Crippen molar-refractivity contribution in [1.82, 2.24) is 9.97 Å². The molecule has 0 spiro atoms. The number of carbonyl (C=O) groups is 1. The maximum Gasteiger partial charge on any atom is 0.229 e. The summed E-state index contributed by atoms with van der Waals surface area (Å²) in [5.41, 5.74) is 3.31. The zero-order chi connectivity index (χ0) is 18.4. The Hall–Kier alpha value is -3.21. The fourth-order valence-electron chi connectivity index (χ4n) is 2.67. The molecule has 0 aliphatic carbocycles. The molecule has 0 atom stereocenters. The lowest BCUT2D eigenvalue weighted by atomic mass is 10.1. The molecule has 0 aliphatic heterocycles. The van der Waals surface area contributed by atoms with Crippen LogP contribution in [-0.2, 0) is 17.6 Å². The van der Waals surface area contributed by atoms with E-state index in [0.717, 1.165) is 35.4 Å². The zero-order valence-electron chi connectivity index (χ0n) is 14.6. The number of carbonyl (C=O) groups excluding carboxylic acids is 1. The van der Waals surface area contributed by atoms with E-state index in [1.165, 1.54) is 0 Å². The smallest absolute Gasteiger partial charge is 0.229 e. The van der Waals surface area contributed by atoms with Crippen LogP contribution in [0.2, 0.25) is 0 Å². The van der Waals surface area contributed by atoms with E-state index >= 15 is 0 Å². The Kier molecular flexibility index (Phi) is 5.59. The predicted octanol–water partition coefficient (Wildman–Crippen LogP) is 3.98. The summed E-state index contributed by atoms with van der Waals surface area (Å²) in [5, 5.41) is 12.3. The average Bonchev–Trinajstić information content (AvgIpc) is 2.65. The van der Waals surface area contributed by atoms with Gasteiger partial charge in [0.05, 0.1) is 24.0 Å². The molecular formula is C21H21N3O2. The molecule has 3 aromatic rings. The summed E-state index contributed by atoms with van der Waals surface area (Å²) in [7, 11) is 0. The van der Waals surface area contributed by atoms with Crippen LogP contribution in [0.5, 0.6) is 5.75 Å². The topological polar surface area (TPSA) is 75.1 Å². The molecule has 2 N–H and O–H groups in total. The molecule has 5 nitrogen and oxygen atoms in total. The fourth-order valence-corrected chi connectivity index (χ4v) is 2.67. The van der Waals surface area contributed by atoms with Gasteiger partial charge in [-0.25, -0.2) is 9.97 Å². The summed E-state index contributed by atoms with van der Waals surface area (Å²) in [5.74, 6) is 0.607. The summed E-state index contributed by atoms with van der Waals surface area (Å²) >= 11 is 0. The summed E-state index contributed by atoms with van der Waals surface area (Å²) in [6.07, 6.45) is 3.56. The minimum Gasteiger partial charge on any atom is -0.508 e. The van der Waals surface area contributed by atoms with Crippen LogP contribution in [0.3, 0.4) is 0 Å². The van der Waals surface area contributed by atoms with Crippen LogP contribution in [-0.4, -0.2) is 21.0 Å². The summed E-state index contributed by atoms with van der Waals surface area (Å²) < 4.78 is 0. The van der Waals surface area contributed by atoms with Crippen LogP contribution in [0.4, 0.5) is 5.82 Å². The van der Waals surface area contributed by atoms with Gasteiger partial charge in [-0.05, 0) is 36.2 Å². The number of nitrogens with zero attached hydrogens (tertiary/aromatic N) is 2. The van der Waals surface area contributed by atoms with Crippen molar-refractivity contribution in [1.29, 1.82) is 0 Å². The van der Waals surface area contributed by atoms with E-state index in [1.54, 1.807) is 30.5 Å². The molecule has 1 amide bonds. The third-order valence-corrected chi connectivity index (χ3v) is 3.96. The van der Waals surface area contributed by atoms with Crippen molar-refractivity contribution < 1.29 is 9.90 Å². The van der Waals surface area contributed by atoms with Crippen molar-refractivity contribution in [3.63, 3.8) is 0 Å². The van der Waals surface area contributed by atoms with Crippen LogP contribution in [0.25, 0.3) is 11.3 Å². The maximum absolute atomic E-state index is 12.3. The minimum atomic E-state index is -0.111. The van der Waals surface area contributed by atoms with Crippen molar-refractivity contribution >= 4 is 11.7 Å². The minimum absolute atomic E-state index is 0.111. The zero-order valence-corrected chi connectivity index (χ0v) is 14.6. The number of rotatable bonds is 6. The molecule has 0 radical (unpaired) electrons.